The predicted octanol–water partition coefficient (Wildman–Crippen LogP) is 2.21. The normalized spacial score (nSPS) is 22.1. The van der Waals surface area contributed by atoms with Crippen molar-refractivity contribution in [2.75, 3.05) is 6.54 Å². The van der Waals surface area contributed by atoms with Gasteiger partial charge in [0.15, 0.2) is 0 Å². The van der Waals surface area contributed by atoms with E-state index in [-0.39, 0.29) is 18.0 Å². The predicted molar refractivity (Wildman–Crippen MR) is 67.3 cm³/mol. The lowest BCUT2D eigenvalue weighted by atomic mass is 10.0. The highest BCUT2D eigenvalue weighted by molar-refractivity contribution is 5.97. The van der Waals surface area contributed by atoms with Crippen LogP contribution >= 0.6 is 0 Å². The first-order chi connectivity index (χ1) is 9.34. The minimum absolute atomic E-state index is 0.147. The molecule has 1 amide bonds. The summed E-state index contributed by atoms with van der Waals surface area (Å²) in [5.41, 5.74) is -0.528. The molecule has 2 unspecified atom stereocenters. The van der Waals surface area contributed by atoms with Crippen LogP contribution in [0.3, 0.4) is 0 Å². The maximum Gasteiger partial charge on any atom is 0.326 e. The van der Waals surface area contributed by atoms with Crippen LogP contribution in [0.25, 0.3) is 0 Å². The fraction of sp³-hybridized carbons (Fsp3) is 0.429. The topological polar surface area (TPSA) is 57.6 Å². The Hall–Kier alpha value is -1.98. The molecule has 0 bridgehead atoms. The summed E-state index contributed by atoms with van der Waals surface area (Å²) >= 11 is 0. The Kier molecular flexibility index (Phi) is 3.74. The average Bonchev–Trinajstić information content (AvgIpc) is 2.76. The van der Waals surface area contributed by atoms with Crippen molar-refractivity contribution in [2.24, 2.45) is 5.92 Å². The number of hydrogen-bond donors (Lipinski definition) is 1. The van der Waals surface area contributed by atoms with Gasteiger partial charge in [0.2, 0.25) is 0 Å². The molecule has 0 aliphatic carbocycles. The molecule has 1 aliphatic rings. The first-order valence-corrected chi connectivity index (χ1v) is 6.33. The molecule has 1 heterocycles. The molecule has 1 saturated heterocycles. The van der Waals surface area contributed by atoms with E-state index in [9.17, 15) is 18.4 Å². The average molecular weight is 283 g/mol. The second-order valence-corrected chi connectivity index (χ2v) is 5.10. The number of aliphatic carboxylic acids is 1. The molecular formula is C14H15F2NO3. The van der Waals surface area contributed by atoms with Gasteiger partial charge in [-0.3, -0.25) is 4.79 Å². The molecule has 0 spiro atoms. The number of hydrogen-bond acceptors (Lipinski definition) is 2. The van der Waals surface area contributed by atoms with E-state index in [1.54, 1.807) is 6.92 Å². The van der Waals surface area contributed by atoms with E-state index < -0.39 is 35.1 Å². The lowest BCUT2D eigenvalue weighted by Gasteiger charge is -2.24. The number of aryl methyl sites for hydroxylation is 1. The van der Waals surface area contributed by atoms with Gasteiger partial charge in [0.25, 0.3) is 5.91 Å². The largest absolute Gasteiger partial charge is 0.480 e. The Morgan fingerprint density at radius 3 is 2.60 bits per heavy atom. The minimum Gasteiger partial charge on any atom is -0.480 e. The third-order valence-electron chi connectivity index (χ3n) is 3.71. The zero-order chi connectivity index (χ0) is 15.0. The summed E-state index contributed by atoms with van der Waals surface area (Å²) in [5, 5.41) is 9.16. The van der Waals surface area contributed by atoms with Gasteiger partial charge < -0.3 is 10.0 Å². The number of likely N-dealkylation sites (tertiary alicyclic amines) is 1. The van der Waals surface area contributed by atoms with E-state index in [1.165, 1.54) is 13.0 Å². The van der Waals surface area contributed by atoms with E-state index in [0.717, 1.165) is 11.0 Å². The second kappa shape index (κ2) is 5.19. The van der Waals surface area contributed by atoms with Crippen molar-refractivity contribution in [1.82, 2.24) is 4.90 Å². The van der Waals surface area contributed by atoms with Crippen molar-refractivity contribution in [2.45, 2.75) is 26.3 Å². The Morgan fingerprint density at radius 2 is 2.00 bits per heavy atom. The van der Waals surface area contributed by atoms with E-state index in [0.29, 0.717) is 6.42 Å². The summed E-state index contributed by atoms with van der Waals surface area (Å²) in [4.78, 5) is 24.5. The van der Waals surface area contributed by atoms with Gasteiger partial charge >= 0.3 is 5.97 Å². The van der Waals surface area contributed by atoms with Crippen molar-refractivity contribution in [1.29, 1.82) is 0 Å². The van der Waals surface area contributed by atoms with Gasteiger partial charge in [-0.25, -0.2) is 13.6 Å². The van der Waals surface area contributed by atoms with Gasteiger partial charge in [-0.1, -0.05) is 13.0 Å². The number of halogens is 2. The summed E-state index contributed by atoms with van der Waals surface area (Å²) in [5.74, 6) is -4.20. The third-order valence-corrected chi connectivity index (χ3v) is 3.71. The fourth-order valence-electron chi connectivity index (χ4n) is 2.55. The molecule has 2 rings (SSSR count). The summed E-state index contributed by atoms with van der Waals surface area (Å²) in [6, 6.07) is 1.21. The first kappa shape index (κ1) is 14.4. The lowest BCUT2D eigenvalue weighted by molar-refractivity contribution is -0.142. The van der Waals surface area contributed by atoms with E-state index in [1.807, 2.05) is 0 Å². The van der Waals surface area contributed by atoms with Crippen molar-refractivity contribution in [3.8, 4) is 0 Å². The highest BCUT2D eigenvalue weighted by atomic mass is 19.1. The van der Waals surface area contributed by atoms with Crippen LogP contribution in [0.2, 0.25) is 0 Å². The van der Waals surface area contributed by atoms with Gasteiger partial charge in [-0.05, 0) is 30.9 Å². The number of carbonyl (C=O) groups excluding carboxylic acids is 1. The van der Waals surface area contributed by atoms with Gasteiger partial charge in [0.05, 0.1) is 0 Å². The zero-order valence-electron chi connectivity index (χ0n) is 11.2. The maximum absolute atomic E-state index is 14.0. The van der Waals surface area contributed by atoms with Crippen molar-refractivity contribution in [3.05, 3.63) is 34.9 Å². The maximum atomic E-state index is 14.0. The lowest BCUT2D eigenvalue weighted by Crippen LogP contribution is -2.43. The smallest absolute Gasteiger partial charge is 0.326 e. The number of nitrogens with zero attached hydrogens (tertiary/aromatic N) is 1. The van der Waals surface area contributed by atoms with Crippen LogP contribution in [0.1, 0.15) is 29.3 Å². The van der Waals surface area contributed by atoms with Crippen LogP contribution in [0.5, 0.6) is 0 Å². The molecule has 108 valence electrons. The molecule has 0 aromatic heterocycles. The molecule has 6 heteroatoms. The number of carboxylic acids is 1. The Bertz CT molecular complexity index is 574. The van der Waals surface area contributed by atoms with Gasteiger partial charge in [0, 0.05) is 6.54 Å². The molecule has 2 atom stereocenters. The van der Waals surface area contributed by atoms with Crippen LogP contribution in [-0.4, -0.2) is 34.5 Å². The Balaban J connectivity index is 2.42. The highest BCUT2D eigenvalue weighted by Crippen LogP contribution is 2.28. The number of rotatable bonds is 2. The van der Waals surface area contributed by atoms with E-state index in [2.05, 4.69) is 0 Å². The summed E-state index contributed by atoms with van der Waals surface area (Å²) in [6.07, 6.45) is 0.498. The molecule has 1 fully saturated rings. The SMILES string of the molecule is Cc1ccc(F)c(C(=O)N2CCC(C)C2C(=O)O)c1F. The second-order valence-electron chi connectivity index (χ2n) is 5.10. The highest BCUT2D eigenvalue weighted by Gasteiger charge is 2.41. The molecule has 20 heavy (non-hydrogen) atoms. The molecule has 1 N–H and O–H groups in total. The zero-order valence-corrected chi connectivity index (χ0v) is 11.2. The van der Waals surface area contributed by atoms with Crippen LogP contribution in [0.15, 0.2) is 12.1 Å². The minimum atomic E-state index is -1.16. The number of carboxylic acid groups (broad SMARTS) is 1. The molecule has 0 saturated carbocycles. The van der Waals surface area contributed by atoms with E-state index >= 15 is 0 Å². The summed E-state index contributed by atoms with van der Waals surface area (Å²) < 4.78 is 27.7. The molecule has 0 radical (unpaired) electrons. The number of benzene rings is 1. The van der Waals surface area contributed by atoms with Gasteiger partial charge in [0.1, 0.15) is 23.2 Å². The van der Waals surface area contributed by atoms with E-state index in [4.69, 9.17) is 5.11 Å². The van der Waals surface area contributed by atoms with Crippen LogP contribution in [-0.2, 0) is 4.79 Å². The number of carbonyl (C=O) groups is 2. The Labute approximate surface area is 115 Å². The van der Waals surface area contributed by atoms with Crippen molar-refractivity contribution < 1.29 is 23.5 Å². The molecule has 1 aromatic rings. The van der Waals surface area contributed by atoms with Crippen LogP contribution < -0.4 is 0 Å². The summed E-state index contributed by atoms with van der Waals surface area (Å²) in [7, 11) is 0. The molecular weight excluding hydrogens is 268 g/mol. The number of amides is 1. The molecule has 4 nitrogen and oxygen atoms in total. The van der Waals surface area contributed by atoms with Crippen molar-refractivity contribution >= 4 is 11.9 Å². The first-order valence-electron chi connectivity index (χ1n) is 6.33. The monoisotopic (exact) mass is 283 g/mol. The van der Waals surface area contributed by atoms with Gasteiger partial charge in [-0.2, -0.15) is 0 Å². The quantitative estimate of drug-likeness (QED) is 0.905. The molecule has 1 aromatic carbocycles. The third kappa shape index (κ3) is 2.26. The molecule has 1 aliphatic heterocycles. The summed E-state index contributed by atoms with van der Waals surface area (Å²) in [6.45, 7) is 3.31. The van der Waals surface area contributed by atoms with Crippen LogP contribution in [0, 0.1) is 24.5 Å². The van der Waals surface area contributed by atoms with Gasteiger partial charge in [-0.15, -0.1) is 0 Å². The Morgan fingerprint density at radius 1 is 1.35 bits per heavy atom. The standard InChI is InChI=1S/C14H15F2NO3/c1-7-3-4-9(15)10(11(7)16)13(18)17-6-5-8(2)12(17)14(19)20/h3-4,8,12H,5-6H2,1-2H3,(H,19,20). The van der Waals surface area contributed by atoms with Crippen LogP contribution in [0.4, 0.5) is 8.78 Å². The fourth-order valence-corrected chi connectivity index (χ4v) is 2.55. The van der Waals surface area contributed by atoms with Crippen molar-refractivity contribution in [3.63, 3.8) is 0 Å².